The number of benzene rings is 2. The van der Waals surface area contributed by atoms with Gasteiger partial charge in [0.25, 0.3) is 0 Å². The Morgan fingerprint density at radius 1 is 1.11 bits per heavy atom. The summed E-state index contributed by atoms with van der Waals surface area (Å²) in [7, 11) is 0. The lowest BCUT2D eigenvalue weighted by molar-refractivity contribution is -0.305. The monoisotopic (exact) mass is 383 g/mol. The second-order valence-electron chi connectivity index (χ2n) is 6.65. The summed E-state index contributed by atoms with van der Waals surface area (Å²) < 4.78 is 0. The van der Waals surface area contributed by atoms with Crippen molar-refractivity contribution in [2.45, 2.75) is 38.6 Å². The number of rotatable bonds is 6. The molecule has 0 saturated heterocycles. The van der Waals surface area contributed by atoms with Gasteiger partial charge in [0.1, 0.15) is 0 Å². The van der Waals surface area contributed by atoms with Gasteiger partial charge >= 0.3 is 0 Å². The van der Waals surface area contributed by atoms with Crippen molar-refractivity contribution in [3.05, 3.63) is 70.2 Å². The van der Waals surface area contributed by atoms with Crippen molar-refractivity contribution < 1.29 is 14.7 Å². The van der Waals surface area contributed by atoms with E-state index in [1.54, 1.807) is 12.1 Å². The molecule has 0 saturated carbocycles. The molecule has 0 aromatic heterocycles. The van der Waals surface area contributed by atoms with E-state index >= 15 is 0 Å². The number of amides is 1. The standard InChI is InChI=1S/C21H21ClN2O3/c1-14-5-7-15(8-6-14)18-13-19(16-9-11-17(22)12-10-16)24(23-18)20(25)3-2-4-21(26)27/h5-12,19H,2-4,13H2,1H3,(H,26,27)/p-1/t19-/m0/s1. The van der Waals surface area contributed by atoms with Crippen molar-refractivity contribution >= 4 is 29.2 Å². The summed E-state index contributed by atoms with van der Waals surface area (Å²) in [6, 6.07) is 15.2. The van der Waals surface area contributed by atoms with Gasteiger partial charge in [0.2, 0.25) is 5.91 Å². The summed E-state index contributed by atoms with van der Waals surface area (Å²) in [5.41, 5.74) is 3.91. The van der Waals surface area contributed by atoms with Crippen LogP contribution < -0.4 is 5.11 Å². The molecule has 0 spiro atoms. The molecule has 0 fully saturated rings. The number of hydrazone groups is 1. The maximum Gasteiger partial charge on any atom is 0.243 e. The van der Waals surface area contributed by atoms with Gasteiger partial charge in [-0.1, -0.05) is 53.6 Å². The minimum Gasteiger partial charge on any atom is -0.550 e. The fraction of sp³-hybridized carbons (Fsp3) is 0.286. The highest BCUT2D eigenvalue weighted by atomic mass is 35.5. The molecule has 0 radical (unpaired) electrons. The van der Waals surface area contributed by atoms with Gasteiger partial charge in [-0.15, -0.1) is 0 Å². The maximum atomic E-state index is 12.7. The van der Waals surface area contributed by atoms with Crippen molar-refractivity contribution in [1.82, 2.24) is 5.01 Å². The Hall–Kier alpha value is -2.66. The summed E-state index contributed by atoms with van der Waals surface area (Å²) in [5.74, 6) is -1.35. The molecule has 0 N–H and O–H groups in total. The zero-order valence-electron chi connectivity index (χ0n) is 15.0. The third-order valence-electron chi connectivity index (χ3n) is 4.58. The molecule has 2 aromatic rings. The normalized spacial score (nSPS) is 16.3. The molecule has 2 aromatic carbocycles. The fourth-order valence-electron chi connectivity index (χ4n) is 3.10. The number of carbonyl (C=O) groups excluding carboxylic acids is 2. The second kappa shape index (κ2) is 8.35. The Morgan fingerprint density at radius 2 is 1.78 bits per heavy atom. The summed E-state index contributed by atoms with van der Waals surface area (Å²) in [6.07, 6.45) is 0.805. The van der Waals surface area contributed by atoms with E-state index in [1.807, 2.05) is 43.3 Å². The number of carboxylic acid groups (broad SMARTS) is 1. The lowest BCUT2D eigenvalue weighted by Gasteiger charge is -2.22. The summed E-state index contributed by atoms with van der Waals surface area (Å²) in [5, 5.41) is 17.3. The number of halogens is 1. The molecule has 0 bridgehead atoms. The lowest BCUT2D eigenvalue weighted by Crippen LogP contribution is -2.28. The Kier molecular flexibility index (Phi) is 5.91. The van der Waals surface area contributed by atoms with Crippen LogP contribution in [0.5, 0.6) is 0 Å². The first-order valence-corrected chi connectivity index (χ1v) is 9.24. The van der Waals surface area contributed by atoms with Crippen LogP contribution in [0.3, 0.4) is 0 Å². The highest BCUT2D eigenvalue weighted by Gasteiger charge is 2.32. The molecule has 1 amide bonds. The van der Waals surface area contributed by atoms with Crippen LogP contribution in [0.2, 0.25) is 5.02 Å². The molecule has 1 atom stereocenters. The van der Waals surface area contributed by atoms with E-state index in [0.717, 1.165) is 22.4 Å². The quantitative estimate of drug-likeness (QED) is 0.768. The number of aliphatic carboxylic acids is 1. The largest absolute Gasteiger partial charge is 0.550 e. The van der Waals surface area contributed by atoms with Gasteiger partial charge in [-0.05, 0) is 43.0 Å². The van der Waals surface area contributed by atoms with Crippen LogP contribution in [0.25, 0.3) is 0 Å². The van der Waals surface area contributed by atoms with E-state index < -0.39 is 5.97 Å². The number of nitrogens with zero attached hydrogens (tertiary/aromatic N) is 2. The lowest BCUT2D eigenvalue weighted by atomic mass is 9.98. The third-order valence-corrected chi connectivity index (χ3v) is 4.83. The molecule has 3 rings (SSSR count). The summed E-state index contributed by atoms with van der Waals surface area (Å²) >= 11 is 5.98. The average Bonchev–Trinajstić information content (AvgIpc) is 3.08. The van der Waals surface area contributed by atoms with Crippen LogP contribution in [0, 0.1) is 6.92 Å². The molecule has 5 nitrogen and oxygen atoms in total. The minimum atomic E-state index is -1.15. The highest BCUT2D eigenvalue weighted by molar-refractivity contribution is 6.30. The average molecular weight is 384 g/mol. The fourth-order valence-corrected chi connectivity index (χ4v) is 3.23. The minimum absolute atomic E-state index is 0.114. The first kappa shape index (κ1) is 19.1. The van der Waals surface area contributed by atoms with Crippen LogP contribution in [-0.2, 0) is 9.59 Å². The van der Waals surface area contributed by atoms with Gasteiger partial charge in [-0.2, -0.15) is 5.10 Å². The van der Waals surface area contributed by atoms with Crippen molar-refractivity contribution in [2.24, 2.45) is 5.10 Å². The molecule has 27 heavy (non-hydrogen) atoms. The Labute approximate surface area is 163 Å². The van der Waals surface area contributed by atoms with Gasteiger partial charge in [-0.25, -0.2) is 5.01 Å². The van der Waals surface area contributed by atoms with Gasteiger partial charge < -0.3 is 9.90 Å². The third kappa shape index (κ3) is 4.74. The first-order chi connectivity index (χ1) is 12.9. The van der Waals surface area contributed by atoms with Crippen LogP contribution in [0.1, 0.15) is 48.4 Å². The van der Waals surface area contributed by atoms with Crippen molar-refractivity contribution in [3.63, 3.8) is 0 Å². The summed E-state index contributed by atoms with van der Waals surface area (Å²) in [6.45, 7) is 2.02. The number of carbonyl (C=O) groups is 2. The highest BCUT2D eigenvalue weighted by Crippen LogP contribution is 2.34. The number of aryl methyl sites for hydroxylation is 1. The molecule has 0 unspecified atom stereocenters. The maximum absolute atomic E-state index is 12.7. The van der Waals surface area contributed by atoms with E-state index in [0.29, 0.717) is 11.4 Å². The predicted octanol–water partition coefficient (Wildman–Crippen LogP) is 3.25. The van der Waals surface area contributed by atoms with E-state index in [-0.39, 0.29) is 31.2 Å². The molecular formula is C21H20ClN2O3-. The van der Waals surface area contributed by atoms with E-state index in [2.05, 4.69) is 5.10 Å². The summed E-state index contributed by atoms with van der Waals surface area (Å²) in [4.78, 5) is 23.3. The number of carboxylic acids is 1. The van der Waals surface area contributed by atoms with E-state index in [9.17, 15) is 14.7 Å². The SMILES string of the molecule is Cc1ccc(C2=NN(C(=O)CCCC(=O)[O-])[C@H](c3ccc(Cl)cc3)C2)cc1. The molecule has 0 aliphatic carbocycles. The zero-order valence-corrected chi connectivity index (χ0v) is 15.8. The molecule has 1 heterocycles. The zero-order chi connectivity index (χ0) is 19.4. The number of hydrogen-bond acceptors (Lipinski definition) is 4. The smallest absolute Gasteiger partial charge is 0.243 e. The van der Waals surface area contributed by atoms with Crippen LogP contribution >= 0.6 is 11.6 Å². The second-order valence-corrected chi connectivity index (χ2v) is 7.08. The Balaban J connectivity index is 1.85. The Morgan fingerprint density at radius 3 is 2.41 bits per heavy atom. The number of hydrogen-bond donors (Lipinski definition) is 0. The molecule has 6 heteroatoms. The topological polar surface area (TPSA) is 72.8 Å². The molecular weight excluding hydrogens is 364 g/mol. The molecule has 1 aliphatic rings. The van der Waals surface area contributed by atoms with E-state index in [1.165, 1.54) is 5.01 Å². The predicted molar refractivity (Wildman–Crippen MR) is 102 cm³/mol. The van der Waals surface area contributed by atoms with Gasteiger partial charge in [0.15, 0.2) is 0 Å². The van der Waals surface area contributed by atoms with Gasteiger partial charge in [0.05, 0.1) is 11.8 Å². The van der Waals surface area contributed by atoms with Crippen molar-refractivity contribution in [2.75, 3.05) is 0 Å². The van der Waals surface area contributed by atoms with Crippen molar-refractivity contribution in [1.29, 1.82) is 0 Å². The van der Waals surface area contributed by atoms with Gasteiger partial charge in [0, 0.05) is 23.8 Å². The van der Waals surface area contributed by atoms with Crippen molar-refractivity contribution in [3.8, 4) is 0 Å². The van der Waals surface area contributed by atoms with Gasteiger partial charge in [-0.3, -0.25) is 4.79 Å². The Bertz CT molecular complexity index is 860. The van der Waals surface area contributed by atoms with Crippen LogP contribution in [-0.4, -0.2) is 22.6 Å². The molecule has 140 valence electrons. The molecule has 1 aliphatic heterocycles. The van der Waals surface area contributed by atoms with E-state index in [4.69, 9.17) is 11.6 Å². The van der Waals surface area contributed by atoms with Crippen LogP contribution in [0.4, 0.5) is 0 Å². The van der Waals surface area contributed by atoms with Crippen LogP contribution in [0.15, 0.2) is 53.6 Å². The first-order valence-electron chi connectivity index (χ1n) is 8.86.